The zero-order valence-electron chi connectivity index (χ0n) is 20.0. The van der Waals surface area contributed by atoms with Gasteiger partial charge in [-0.1, -0.05) is 26.2 Å². The largest absolute Gasteiger partial charge is 0.494 e. The van der Waals surface area contributed by atoms with E-state index in [0.717, 1.165) is 59.7 Å². The van der Waals surface area contributed by atoms with Crippen LogP contribution in [0.2, 0.25) is 0 Å². The molecule has 2 aromatic rings. The van der Waals surface area contributed by atoms with Gasteiger partial charge in [0.2, 0.25) is 0 Å². The van der Waals surface area contributed by atoms with Crippen LogP contribution in [0.4, 0.5) is 5.69 Å². The molecule has 0 bridgehead atoms. The Morgan fingerprint density at radius 2 is 1.26 bits per heavy atom. The molecular formula is C27H41N2O2+. The summed E-state index contributed by atoms with van der Waals surface area (Å²) in [6.45, 7) is 4.97. The van der Waals surface area contributed by atoms with Crippen molar-refractivity contribution < 1.29 is 14.0 Å². The molecule has 0 aliphatic rings. The molecule has 0 heterocycles. The van der Waals surface area contributed by atoms with Gasteiger partial charge in [-0.2, -0.15) is 0 Å². The van der Waals surface area contributed by atoms with E-state index in [0.29, 0.717) is 0 Å². The fourth-order valence-corrected chi connectivity index (χ4v) is 3.17. The molecule has 0 unspecified atom stereocenters. The fraction of sp³-hybridized carbons (Fsp3) is 0.519. The lowest BCUT2D eigenvalue weighted by atomic mass is 10.1. The van der Waals surface area contributed by atoms with Crippen molar-refractivity contribution in [1.82, 2.24) is 0 Å². The van der Waals surface area contributed by atoms with Gasteiger partial charge in [-0.3, -0.25) is 4.99 Å². The van der Waals surface area contributed by atoms with Crippen molar-refractivity contribution in [3.8, 4) is 11.5 Å². The van der Waals surface area contributed by atoms with Gasteiger partial charge < -0.3 is 14.0 Å². The molecule has 2 aromatic carbocycles. The fourth-order valence-electron chi connectivity index (χ4n) is 3.17. The maximum absolute atomic E-state index is 5.88. The van der Waals surface area contributed by atoms with Gasteiger partial charge >= 0.3 is 0 Å². The topological polar surface area (TPSA) is 30.8 Å². The van der Waals surface area contributed by atoms with Crippen LogP contribution in [0.3, 0.4) is 0 Å². The normalized spacial score (nSPS) is 11.7. The Balaban J connectivity index is 1.64. The molecule has 0 saturated heterocycles. The minimum absolute atomic E-state index is 0.768. The minimum atomic E-state index is 0.768. The van der Waals surface area contributed by atoms with Crippen molar-refractivity contribution in [2.24, 2.45) is 4.99 Å². The van der Waals surface area contributed by atoms with E-state index in [1.54, 1.807) is 0 Å². The lowest BCUT2D eigenvalue weighted by molar-refractivity contribution is -0.870. The highest BCUT2D eigenvalue weighted by molar-refractivity contribution is 5.82. The Morgan fingerprint density at radius 3 is 1.87 bits per heavy atom. The highest BCUT2D eigenvalue weighted by Gasteiger charge is 2.05. The molecule has 4 nitrogen and oxygen atoms in total. The van der Waals surface area contributed by atoms with Crippen LogP contribution in [0, 0.1) is 0 Å². The summed E-state index contributed by atoms with van der Waals surface area (Å²) in [5.74, 6) is 1.83. The molecule has 4 heteroatoms. The van der Waals surface area contributed by atoms with E-state index in [9.17, 15) is 0 Å². The van der Waals surface area contributed by atoms with E-state index >= 15 is 0 Å². The van der Waals surface area contributed by atoms with Crippen molar-refractivity contribution in [3.63, 3.8) is 0 Å². The highest BCUT2D eigenvalue weighted by Crippen LogP contribution is 2.19. The molecule has 0 N–H and O–H groups in total. The maximum Gasteiger partial charge on any atom is 0.119 e. The third-order valence-corrected chi connectivity index (χ3v) is 5.09. The first-order chi connectivity index (χ1) is 15.0. The number of hydrogen-bond donors (Lipinski definition) is 0. The standard InChI is InChI=1S/C27H41N2O2/c1-5-6-21-30-27-18-14-25(15-19-27)28-23-24-12-16-26(17-13-24)31-22-11-9-7-8-10-20-29(2,3)4/h12-19,23H,5-11,20-22H2,1-4H3/q+1. The number of nitrogens with zero attached hydrogens (tertiary/aromatic N) is 2. The number of ether oxygens (including phenoxy) is 2. The predicted octanol–water partition coefficient (Wildman–Crippen LogP) is 6.65. The van der Waals surface area contributed by atoms with Crippen molar-refractivity contribution in [2.45, 2.75) is 51.9 Å². The summed E-state index contributed by atoms with van der Waals surface area (Å²) < 4.78 is 12.6. The van der Waals surface area contributed by atoms with E-state index in [2.05, 4.69) is 33.1 Å². The van der Waals surface area contributed by atoms with Crippen LogP contribution in [0.5, 0.6) is 11.5 Å². The van der Waals surface area contributed by atoms with E-state index in [-0.39, 0.29) is 0 Å². The zero-order valence-corrected chi connectivity index (χ0v) is 20.0. The van der Waals surface area contributed by atoms with Crippen LogP contribution in [0.25, 0.3) is 0 Å². The number of benzene rings is 2. The monoisotopic (exact) mass is 425 g/mol. The van der Waals surface area contributed by atoms with Crippen LogP contribution in [0.1, 0.15) is 57.4 Å². The Bertz CT molecular complexity index is 746. The molecule has 0 aliphatic heterocycles. The number of quaternary nitrogens is 1. The van der Waals surface area contributed by atoms with Gasteiger partial charge in [0, 0.05) is 6.21 Å². The summed E-state index contributed by atoms with van der Waals surface area (Å²) in [5.41, 5.74) is 1.98. The maximum atomic E-state index is 5.88. The molecule has 0 amide bonds. The number of rotatable bonds is 15. The number of aliphatic imine (C=N–C) groups is 1. The van der Waals surface area contributed by atoms with Gasteiger partial charge in [-0.25, -0.2) is 0 Å². The Kier molecular flexibility index (Phi) is 11.2. The molecule has 0 saturated carbocycles. The van der Waals surface area contributed by atoms with E-state index in [1.165, 1.54) is 32.2 Å². The Morgan fingerprint density at radius 1 is 0.710 bits per heavy atom. The SMILES string of the molecule is CCCCOc1ccc(N=Cc2ccc(OCCCCCCC[N+](C)(C)C)cc2)cc1. The quantitative estimate of drug-likeness (QED) is 0.182. The first kappa shape index (κ1) is 24.9. The second kappa shape index (κ2) is 13.9. The van der Waals surface area contributed by atoms with Crippen molar-refractivity contribution in [3.05, 3.63) is 54.1 Å². The summed E-state index contributed by atoms with van der Waals surface area (Å²) in [6.07, 6.45) is 10.4. The summed E-state index contributed by atoms with van der Waals surface area (Å²) in [6, 6.07) is 16.1. The van der Waals surface area contributed by atoms with Crippen LogP contribution >= 0.6 is 0 Å². The van der Waals surface area contributed by atoms with Gasteiger partial charge in [-0.15, -0.1) is 0 Å². The van der Waals surface area contributed by atoms with E-state index in [1.807, 2.05) is 54.7 Å². The second-order valence-electron chi connectivity index (χ2n) is 9.15. The Labute approximate surface area is 189 Å². The molecule has 2 rings (SSSR count). The van der Waals surface area contributed by atoms with Crippen molar-refractivity contribution in [1.29, 1.82) is 0 Å². The van der Waals surface area contributed by atoms with Crippen LogP contribution in [-0.2, 0) is 0 Å². The van der Waals surface area contributed by atoms with E-state index in [4.69, 9.17) is 9.47 Å². The van der Waals surface area contributed by atoms with Crippen molar-refractivity contribution >= 4 is 11.9 Å². The van der Waals surface area contributed by atoms with Gasteiger partial charge in [0.1, 0.15) is 11.5 Å². The third-order valence-electron chi connectivity index (χ3n) is 5.09. The number of hydrogen-bond acceptors (Lipinski definition) is 3. The average molecular weight is 426 g/mol. The smallest absolute Gasteiger partial charge is 0.119 e. The molecule has 0 aliphatic carbocycles. The van der Waals surface area contributed by atoms with Crippen LogP contribution in [-0.4, -0.2) is 51.6 Å². The molecular weight excluding hydrogens is 384 g/mol. The molecule has 170 valence electrons. The third kappa shape index (κ3) is 11.6. The van der Waals surface area contributed by atoms with Gasteiger partial charge in [0.05, 0.1) is 46.6 Å². The van der Waals surface area contributed by atoms with Gasteiger partial charge in [0.25, 0.3) is 0 Å². The number of unbranched alkanes of at least 4 members (excludes halogenated alkanes) is 5. The molecule has 0 radical (unpaired) electrons. The average Bonchev–Trinajstić information content (AvgIpc) is 2.75. The van der Waals surface area contributed by atoms with Gasteiger partial charge in [0.15, 0.2) is 0 Å². The van der Waals surface area contributed by atoms with Crippen LogP contribution in [0.15, 0.2) is 53.5 Å². The predicted molar refractivity (Wildman–Crippen MR) is 132 cm³/mol. The molecule has 0 aromatic heterocycles. The minimum Gasteiger partial charge on any atom is -0.494 e. The molecule has 0 atom stereocenters. The molecule has 0 fully saturated rings. The lowest BCUT2D eigenvalue weighted by Gasteiger charge is -2.23. The van der Waals surface area contributed by atoms with Crippen LogP contribution < -0.4 is 9.47 Å². The Hall–Kier alpha value is -2.33. The second-order valence-corrected chi connectivity index (χ2v) is 9.15. The molecule has 0 spiro atoms. The highest BCUT2D eigenvalue weighted by atomic mass is 16.5. The first-order valence-electron chi connectivity index (χ1n) is 11.8. The summed E-state index contributed by atoms with van der Waals surface area (Å²) in [5, 5.41) is 0. The first-order valence-corrected chi connectivity index (χ1v) is 11.8. The summed E-state index contributed by atoms with van der Waals surface area (Å²) >= 11 is 0. The summed E-state index contributed by atoms with van der Waals surface area (Å²) in [4.78, 5) is 4.55. The summed E-state index contributed by atoms with van der Waals surface area (Å²) in [7, 11) is 6.77. The van der Waals surface area contributed by atoms with E-state index < -0.39 is 0 Å². The van der Waals surface area contributed by atoms with Gasteiger partial charge in [-0.05, 0) is 79.8 Å². The zero-order chi connectivity index (χ0) is 22.4. The lowest BCUT2D eigenvalue weighted by Crippen LogP contribution is -2.35. The molecule has 31 heavy (non-hydrogen) atoms. The van der Waals surface area contributed by atoms with Crippen molar-refractivity contribution in [2.75, 3.05) is 40.9 Å².